The number of nitrogens with one attached hydrogen (secondary N) is 1. The third kappa shape index (κ3) is 2.86. The molecule has 0 aliphatic carbocycles. The molecule has 128 valence electrons. The molecule has 0 aliphatic heterocycles. The molecule has 24 heavy (non-hydrogen) atoms. The minimum Gasteiger partial charge on any atom is -0.325 e. The standard InChI is InChI=1S/C13H18N8O2S/c1-4-5-6-21-10-9(11(22)15-12(21)23)19(2)8(14-10)7-24-13-16-17-18-20(13)3/h4-7H2,1-3H3,(H,15,22,23). The number of aromatic nitrogens is 8. The van der Waals surface area contributed by atoms with Gasteiger partial charge in [-0.2, -0.15) is 0 Å². The number of tetrazole rings is 1. The number of nitrogens with zero attached hydrogens (tertiary/aromatic N) is 7. The number of imidazole rings is 1. The fraction of sp³-hybridized carbons (Fsp3) is 0.538. The van der Waals surface area contributed by atoms with Crippen LogP contribution < -0.4 is 11.2 Å². The first-order valence-corrected chi connectivity index (χ1v) is 8.55. The normalized spacial score (nSPS) is 11.5. The second-order valence-electron chi connectivity index (χ2n) is 5.40. The summed E-state index contributed by atoms with van der Waals surface area (Å²) in [5.74, 6) is 1.17. The zero-order valence-electron chi connectivity index (χ0n) is 13.7. The molecule has 0 spiro atoms. The second kappa shape index (κ2) is 6.59. The molecule has 11 heteroatoms. The van der Waals surface area contributed by atoms with Gasteiger partial charge in [0.15, 0.2) is 11.2 Å². The van der Waals surface area contributed by atoms with E-state index in [9.17, 15) is 9.59 Å². The molecule has 1 N–H and O–H groups in total. The van der Waals surface area contributed by atoms with Crippen LogP contribution in [-0.4, -0.2) is 39.3 Å². The Labute approximate surface area is 140 Å². The molecule has 0 saturated heterocycles. The van der Waals surface area contributed by atoms with Gasteiger partial charge in [0.05, 0.1) is 5.75 Å². The topological polar surface area (TPSA) is 116 Å². The monoisotopic (exact) mass is 350 g/mol. The first-order chi connectivity index (χ1) is 11.5. The summed E-state index contributed by atoms with van der Waals surface area (Å²) in [5, 5.41) is 11.9. The molecule has 0 atom stereocenters. The average Bonchev–Trinajstić information content (AvgIpc) is 3.09. The van der Waals surface area contributed by atoms with Gasteiger partial charge >= 0.3 is 5.69 Å². The minimum absolute atomic E-state index is 0.400. The van der Waals surface area contributed by atoms with E-state index in [1.165, 1.54) is 16.3 Å². The number of aromatic amines is 1. The molecular weight excluding hydrogens is 332 g/mol. The number of hydrogen-bond donors (Lipinski definition) is 1. The smallest absolute Gasteiger partial charge is 0.325 e. The molecule has 0 aromatic carbocycles. The second-order valence-corrected chi connectivity index (χ2v) is 6.34. The zero-order chi connectivity index (χ0) is 17.3. The van der Waals surface area contributed by atoms with Gasteiger partial charge < -0.3 is 4.57 Å². The summed E-state index contributed by atoms with van der Waals surface area (Å²) in [4.78, 5) is 31.2. The van der Waals surface area contributed by atoms with Crippen molar-refractivity contribution in [2.75, 3.05) is 0 Å². The van der Waals surface area contributed by atoms with Crippen molar-refractivity contribution in [2.24, 2.45) is 14.1 Å². The van der Waals surface area contributed by atoms with E-state index in [-0.39, 0.29) is 0 Å². The Kier molecular flexibility index (Phi) is 4.51. The number of rotatable bonds is 6. The minimum atomic E-state index is -0.422. The number of thioether (sulfide) groups is 1. The summed E-state index contributed by atoms with van der Waals surface area (Å²) >= 11 is 1.41. The molecule has 10 nitrogen and oxygen atoms in total. The molecule has 0 unspecified atom stereocenters. The maximum absolute atomic E-state index is 12.2. The third-order valence-corrected chi connectivity index (χ3v) is 4.76. The highest BCUT2D eigenvalue weighted by molar-refractivity contribution is 7.98. The van der Waals surface area contributed by atoms with Crippen LogP contribution in [0.15, 0.2) is 14.7 Å². The van der Waals surface area contributed by atoms with Crippen molar-refractivity contribution in [3.05, 3.63) is 26.7 Å². The molecule has 0 aliphatic rings. The number of H-pyrrole nitrogens is 1. The number of fused-ring (bicyclic) bond motifs is 1. The van der Waals surface area contributed by atoms with Crippen molar-refractivity contribution in [1.29, 1.82) is 0 Å². The van der Waals surface area contributed by atoms with E-state index in [0.717, 1.165) is 12.8 Å². The highest BCUT2D eigenvalue weighted by Crippen LogP contribution is 2.20. The van der Waals surface area contributed by atoms with Gasteiger partial charge in [-0.25, -0.2) is 14.5 Å². The fourth-order valence-electron chi connectivity index (χ4n) is 2.42. The fourth-order valence-corrected chi connectivity index (χ4v) is 3.25. The molecule has 0 amide bonds. The van der Waals surface area contributed by atoms with Gasteiger partial charge in [-0.1, -0.05) is 25.1 Å². The zero-order valence-corrected chi connectivity index (χ0v) is 14.5. The molecule has 0 bridgehead atoms. The lowest BCUT2D eigenvalue weighted by Gasteiger charge is -2.04. The summed E-state index contributed by atoms with van der Waals surface area (Å²) in [6.45, 7) is 2.57. The van der Waals surface area contributed by atoms with Crippen LogP contribution in [0.4, 0.5) is 0 Å². The molecule has 3 aromatic rings. The lowest BCUT2D eigenvalue weighted by molar-refractivity contribution is 0.613. The number of unbranched alkanes of at least 4 members (excludes halogenated alkanes) is 1. The van der Waals surface area contributed by atoms with E-state index < -0.39 is 11.2 Å². The Morgan fingerprint density at radius 3 is 2.71 bits per heavy atom. The summed E-state index contributed by atoms with van der Waals surface area (Å²) in [5.41, 5.74) is -0.0196. The third-order valence-electron chi connectivity index (χ3n) is 3.75. The Balaban J connectivity index is 2.02. The number of aryl methyl sites for hydroxylation is 3. The van der Waals surface area contributed by atoms with Gasteiger partial charge in [0.1, 0.15) is 5.82 Å². The van der Waals surface area contributed by atoms with E-state index in [2.05, 4.69) is 25.5 Å². The molecule has 0 saturated carbocycles. The van der Waals surface area contributed by atoms with Crippen molar-refractivity contribution < 1.29 is 0 Å². The number of hydrogen-bond acceptors (Lipinski definition) is 7. The van der Waals surface area contributed by atoms with Crippen LogP contribution in [0.25, 0.3) is 11.2 Å². The largest absolute Gasteiger partial charge is 0.330 e. The highest BCUT2D eigenvalue weighted by atomic mass is 32.2. The van der Waals surface area contributed by atoms with E-state index >= 15 is 0 Å². The van der Waals surface area contributed by atoms with Gasteiger partial charge in [-0.3, -0.25) is 14.3 Å². The van der Waals surface area contributed by atoms with E-state index in [4.69, 9.17) is 0 Å². The summed E-state index contributed by atoms with van der Waals surface area (Å²) in [7, 11) is 3.52. The first kappa shape index (κ1) is 16.4. The maximum Gasteiger partial charge on any atom is 0.330 e. The van der Waals surface area contributed by atoms with Crippen LogP contribution in [0, 0.1) is 0 Å². The van der Waals surface area contributed by atoms with Crippen LogP contribution in [0.5, 0.6) is 0 Å². The average molecular weight is 350 g/mol. The van der Waals surface area contributed by atoms with Crippen molar-refractivity contribution >= 4 is 22.9 Å². The predicted molar refractivity (Wildman–Crippen MR) is 88.9 cm³/mol. The predicted octanol–water partition coefficient (Wildman–Crippen LogP) is 0.0392. The lowest BCUT2D eigenvalue weighted by atomic mass is 10.3. The summed E-state index contributed by atoms with van der Waals surface area (Å²) < 4.78 is 4.81. The van der Waals surface area contributed by atoms with E-state index in [1.54, 1.807) is 23.3 Å². The highest BCUT2D eigenvalue weighted by Gasteiger charge is 2.17. The molecule has 0 radical (unpaired) electrons. The lowest BCUT2D eigenvalue weighted by Crippen LogP contribution is -2.31. The van der Waals surface area contributed by atoms with E-state index in [0.29, 0.717) is 34.4 Å². The maximum atomic E-state index is 12.2. The van der Waals surface area contributed by atoms with Crippen molar-refractivity contribution in [1.82, 2.24) is 39.3 Å². The van der Waals surface area contributed by atoms with Crippen LogP contribution in [0.3, 0.4) is 0 Å². The van der Waals surface area contributed by atoms with Crippen LogP contribution in [-0.2, 0) is 26.4 Å². The molecule has 3 heterocycles. The van der Waals surface area contributed by atoms with Gasteiger partial charge in [-0.05, 0) is 16.8 Å². The SMILES string of the molecule is CCCCn1c(=O)[nH]c(=O)c2c1nc(CSc1nnnn1C)n2C. The Morgan fingerprint density at radius 1 is 1.25 bits per heavy atom. The van der Waals surface area contributed by atoms with Gasteiger partial charge in [0.25, 0.3) is 5.56 Å². The van der Waals surface area contributed by atoms with E-state index in [1.807, 2.05) is 6.92 Å². The molecular formula is C13H18N8O2S. The summed E-state index contributed by atoms with van der Waals surface area (Å²) in [6.07, 6.45) is 1.79. The Morgan fingerprint density at radius 2 is 2.04 bits per heavy atom. The van der Waals surface area contributed by atoms with Crippen LogP contribution in [0.1, 0.15) is 25.6 Å². The molecule has 0 fully saturated rings. The van der Waals surface area contributed by atoms with Gasteiger partial charge in [0.2, 0.25) is 5.16 Å². The van der Waals surface area contributed by atoms with Crippen LogP contribution in [0.2, 0.25) is 0 Å². The van der Waals surface area contributed by atoms with Crippen molar-refractivity contribution in [2.45, 2.75) is 37.2 Å². The molecule has 3 rings (SSSR count). The summed E-state index contributed by atoms with van der Waals surface area (Å²) in [6, 6.07) is 0. The van der Waals surface area contributed by atoms with Gasteiger partial charge in [0, 0.05) is 20.6 Å². The van der Waals surface area contributed by atoms with Gasteiger partial charge in [-0.15, -0.1) is 5.10 Å². The van der Waals surface area contributed by atoms with Crippen molar-refractivity contribution in [3.8, 4) is 0 Å². The Bertz CT molecular complexity index is 982. The van der Waals surface area contributed by atoms with Crippen LogP contribution >= 0.6 is 11.8 Å². The van der Waals surface area contributed by atoms with Crippen molar-refractivity contribution in [3.63, 3.8) is 0 Å². The first-order valence-electron chi connectivity index (χ1n) is 7.56. The Hall–Kier alpha value is -2.43. The quantitative estimate of drug-likeness (QED) is 0.624. The molecule has 3 aromatic heterocycles.